The first-order valence-corrected chi connectivity index (χ1v) is 6.17. The SMILES string of the molecule is Cc1ccc(C)c(Oc2ccc(C(F)(F)F)c(C#N)c2)c1. The Labute approximate surface area is 120 Å². The van der Waals surface area contributed by atoms with Gasteiger partial charge in [-0.15, -0.1) is 0 Å². The van der Waals surface area contributed by atoms with E-state index in [0.29, 0.717) is 5.75 Å². The van der Waals surface area contributed by atoms with E-state index in [4.69, 9.17) is 10.00 Å². The maximum Gasteiger partial charge on any atom is 0.417 e. The van der Waals surface area contributed by atoms with Crippen molar-refractivity contribution in [2.75, 3.05) is 0 Å². The van der Waals surface area contributed by atoms with Gasteiger partial charge >= 0.3 is 6.18 Å². The zero-order valence-electron chi connectivity index (χ0n) is 11.5. The molecule has 2 rings (SSSR count). The predicted octanol–water partition coefficient (Wildman–Crippen LogP) is 4.99. The summed E-state index contributed by atoms with van der Waals surface area (Å²) >= 11 is 0. The first-order valence-electron chi connectivity index (χ1n) is 6.17. The van der Waals surface area contributed by atoms with Crippen LogP contribution in [-0.4, -0.2) is 0 Å². The standard InChI is InChI=1S/C16H12F3NO/c1-10-3-4-11(2)15(7-10)21-13-5-6-14(16(17,18)19)12(8-13)9-20/h3-8H,1-2H3. The lowest BCUT2D eigenvalue weighted by Crippen LogP contribution is -2.07. The minimum atomic E-state index is -4.55. The van der Waals surface area contributed by atoms with Crippen LogP contribution in [0.25, 0.3) is 0 Å². The summed E-state index contributed by atoms with van der Waals surface area (Å²) in [6.45, 7) is 3.73. The van der Waals surface area contributed by atoms with Crippen LogP contribution in [0, 0.1) is 25.2 Å². The summed E-state index contributed by atoms with van der Waals surface area (Å²) < 4.78 is 43.7. The van der Waals surface area contributed by atoms with E-state index in [1.807, 2.05) is 26.0 Å². The molecule has 0 bridgehead atoms. The Balaban J connectivity index is 2.39. The second kappa shape index (κ2) is 5.49. The normalized spacial score (nSPS) is 11.0. The topological polar surface area (TPSA) is 33.0 Å². The lowest BCUT2D eigenvalue weighted by molar-refractivity contribution is -0.137. The van der Waals surface area contributed by atoms with Crippen LogP contribution in [0.5, 0.6) is 11.5 Å². The van der Waals surface area contributed by atoms with Crippen LogP contribution in [0.3, 0.4) is 0 Å². The molecule has 2 aromatic rings. The predicted molar refractivity (Wildman–Crippen MR) is 72.1 cm³/mol. The van der Waals surface area contributed by atoms with Gasteiger partial charge in [-0.3, -0.25) is 0 Å². The minimum absolute atomic E-state index is 0.202. The molecule has 0 saturated heterocycles. The number of nitrogens with zero attached hydrogens (tertiary/aromatic N) is 1. The molecule has 0 N–H and O–H groups in total. The number of alkyl halides is 3. The number of aryl methyl sites for hydroxylation is 2. The number of ether oxygens (including phenoxy) is 1. The molecule has 0 heterocycles. The molecule has 0 aromatic heterocycles. The number of rotatable bonds is 2. The highest BCUT2D eigenvalue weighted by Crippen LogP contribution is 2.35. The zero-order chi connectivity index (χ0) is 15.6. The van der Waals surface area contributed by atoms with Crippen molar-refractivity contribution in [3.8, 4) is 17.6 Å². The Hall–Kier alpha value is -2.48. The summed E-state index contributed by atoms with van der Waals surface area (Å²) in [4.78, 5) is 0. The van der Waals surface area contributed by atoms with Gasteiger partial charge in [0.25, 0.3) is 0 Å². The molecule has 0 radical (unpaired) electrons. The molecule has 21 heavy (non-hydrogen) atoms. The van der Waals surface area contributed by atoms with Crippen LogP contribution in [0.2, 0.25) is 0 Å². The maximum absolute atomic E-state index is 12.7. The van der Waals surface area contributed by atoms with Crippen molar-refractivity contribution in [2.24, 2.45) is 0 Å². The van der Waals surface area contributed by atoms with Gasteiger partial charge in [-0.05, 0) is 49.2 Å². The van der Waals surface area contributed by atoms with Crippen LogP contribution in [0.15, 0.2) is 36.4 Å². The highest BCUT2D eigenvalue weighted by atomic mass is 19.4. The molecule has 0 aliphatic carbocycles. The Morgan fingerprint density at radius 3 is 2.38 bits per heavy atom. The van der Waals surface area contributed by atoms with Gasteiger partial charge in [0.05, 0.1) is 17.2 Å². The van der Waals surface area contributed by atoms with Gasteiger partial charge in [0, 0.05) is 0 Å². The third-order valence-corrected chi connectivity index (χ3v) is 2.99. The molecule has 5 heteroatoms. The highest BCUT2D eigenvalue weighted by molar-refractivity contribution is 5.47. The van der Waals surface area contributed by atoms with Gasteiger partial charge in [-0.1, -0.05) is 12.1 Å². The minimum Gasteiger partial charge on any atom is -0.457 e. The van der Waals surface area contributed by atoms with Crippen LogP contribution in [0.4, 0.5) is 13.2 Å². The fourth-order valence-corrected chi connectivity index (χ4v) is 1.87. The highest BCUT2D eigenvalue weighted by Gasteiger charge is 2.33. The van der Waals surface area contributed by atoms with Crippen molar-refractivity contribution in [2.45, 2.75) is 20.0 Å². The van der Waals surface area contributed by atoms with E-state index in [1.54, 1.807) is 12.1 Å². The van der Waals surface area contributed by atoms with Crippen molar-refractivity contribution >= 4 is 0 Å². The van der Waals surface area contributed by atoms with E-state index in [9.17, 15) is 13.2 Å². The molecule has 0 aliphatic rings. The van der Waals surface area contributed by atoms with Crippen molar-refractivity contribution in [1.29, 1.82) is 5.26 Å². The number of nitriles is 1. The van der Waals surface area contributed by atoms with Crippen molar-refractivity contribution in [3.05, 3.63) is 58.7 Å². The molecule has 108 valence electrons. The number of halogens is 3. The Morgan fingerprint density at radius 2 is 1.76 bits per heavy atom. The quantitative estimate of drug-likeness (QED) is 0.781. The summed E-state index contributed by atoms with van der Waals surface area (Å²) in [5, 5.41) is 8.87. The van der Waals surface area contributed by atoms with Gasteiger partial charge in [-0.25, -0.2) is 0 Å². The van der Waals surface area contributed by atoms with Crippen molar-refractivity contribution < 1.29 is 17.9 Å². The lowest BCUT2D eigenvalue weighted by atomic mass is 10.1. The second-order valence-electron chi connectivity index (χ2n) is 4.69. The zero-order valence-corrected chi connectivity index (χ0v) is 11.5. The largest absolute Gasteiger partial charge is 0.457 e. The first-order chi connectivity index (χ1) is 9.81. The number of hydrogen-bond donors (Lipinski definition) is 0. The van der Waals surface area contributed by atoms with E-state index in [1.165, 1.54) is 6.07 Å². The molecule has 2 nitrogen and oxygen atoms in total. The molecule has 0 atom stereocenters. The van der Waals surface area contributed by atoms with Crippen molar-refractivity contribution in [1.82, 2.24) is 0 Å². The summed E-state index contributed by atoms with van der Waals surface area (Å²) in [6.07, 6.45) is -4.55. The average molecular weight is 291 g/mol. The Morgan fingerprint density at radius 1 is 1.05 bits per heavy atom. The Kier molecular flexibility index (Phi) is 3.90. The van der Waals surface area contributed by atoms with Gasteiger partial charge in [0.15, 0.2) is 0 Å². The summed E-state index contributed by atoms with van der Waals surface area (Å²) in [5.41, 5.74) is 0.422. The lowest BCUT2D eigenvalue weighted by Gasteiger charge is -2.12. The van der Waals surface area contributed by atoms with Crippen LogP contribution in [0.1, 0.15) is 22.3 Å². The third kappa shape index (κ3) is 3.34. The van der Waals surface area contributed by atoms with Crippen molar-refractivity contribution in [3.63, 3.8) is 0 Å². The molecule has 2 aromatic carbocycles. The van der Waals surface area contributed by atoms with Crippen LogP contribution < -0.4 is 4.74 Å². The van der Waals surface area contributed by atoms with Gasteiger partial charge in [-0.2, -0.15) is 18.4 Å². The summed E-state index contributed by atoms with van der Waals surface area (Å²) in [7, 11) is 0. The monoisotopic (exact) mass is 291 g/mol. The van der Waals surface area contributed by atoms with Gasteiger partial charge in [0.2, 0.25) is 0 Å². The van der Waals surface area contributed by atoms with E-state index >= 15 is 0 Å². The summed E-state index contributed by atoms with van der Waals surface area (Å²) in [5.74, 6) is 0.756. The van der Waals surface area contributed by atoms with E-state index in [2.05, 4.69) is 0 Å². The summed E-state index contributed by atoms with van der Waals surface area (Å²) in [6, 6.07) is 10.3. The first kappa shape index (κ1) is 14.9. The number of hydrogen-bond acceptors (Lipinski definition) is 2. The molecule has 0 fully saturated rings. The maximum atomic E-state index is 12.7. The fourth-order valence-electron chi connectivity index (χ4n) is 1.87. The van der Waals surface area contributed by atoms with E-state index < -0.39 is 17.3 Å². The number of benzene rings is 2. The molecular formula is C16H12F3NO. The average Bonchev–Trinajstić information content (AvgIpc) is 2.41. The Bertz CT molecular complexity index is 714. The fraction of sp³-hybridized carbons (Fsp3) is 0.188. The molecule has 0 amide bonds. The third-order valence-electron chi connectivity index (χ3n) is 2.99. The van der Waals surface area contributed by atoms with Gasteiger partial charge in [0.1, 0.15) is 11.5 Å². The molecule has 0 saturated carbocycles. The van der Waals surface area contributed by atoms with Crippen LogP contribution >= 0.6 is 0 Å². The smallest absolute Gasteiger partial charge is 0.417 e. The molecule has 0 aliphatic heterocycles. The van der Waals surface area contributed by atoms with Crippen LogP contribution in [-0.2, 0) is 6.18 Å². The van der Waals surface area contributed by atoms with Gasteiger partial charge < -0.3 is 4.74 Å². The molecular weight excluding hydrogens is 279 g/mol. The van der Waals surface area contributed by atoms with E-state index in [-0.39, 0.29) is 5.75 Å². The second-order valence-corrected chi connectivity index (χ2v) is 4.69. The molecule has 0 unspecified atom stereocenters. The van der Waals surface area contributed by atoms with E-state index in [0.717, 1.165) is 23.3 Å². The molecule has 0 spiro atoms.